The maximum absolute atomic E-state index is 12.6. The number of nitrogens with zero attached hydrogens (tertiary/aromatic N) is 3. The Labute approximate surface area is 137 Å². The summed E-state index contributed by atoms with van der Waals surface area (Å²) in [4.78, 5) is 25.0. The van der Waals surface area contributed by atoms with Crippen molar-refractivity contribution >= 4 is 28.3 Å². The molecule has 0 unspecified atom stereocenters. The molecule has 1 fully saturated rings. The minimum Gasteiger partial charge on any atom is -0.345 e. The van der Waals surface area contributed by atoms with Crippen molar-refractivity contribution in [2.75, 3.05) is 0 Å². The first-order valence-electron chi connectivity index (χ1n) is 8.00. The fourth-order valence-electron chi connectivity index (χ4n) is 3.28. The molecule has 5 nitrogen and oxygen atoms in total. The lowest BCUT2D eigenvalue weighted by Gasteiger charge is -2.22. The summed E-state index contributed by atoms with van der Waals surface area (Å²) in [6.07, 6.45) is 11.6. The topological polar surface area (TPSA) is 63.0 Å². The van der Waals surface area contributed by atoms with Crippen LogP contribution in [0.2, 0.25) is 0 Å². The van der Waals surface area contributed by atoms with Crippen LogP contribution in [0.3, 0.4) is 0 Å². The van der Waals surface area contributed by atoms with E-state index in [1.807, 2.05) is 17.5 Å². The van der Waals surface area contributed by atoms with Crippen molar-refractivity contribution in [3.05, 3.63) is 46.5 Å². The molecular formula is C17H18N4OS. The molecule has 0 aromatic carbocycles. The van der Waals surface area contributed by atoms with Crippen LogP contribution in [0.5, 0.6) is 0 Å². The quantitative estimate of drug-likeness (QED) is 0.781. The summed E-state index contributed by atoms with van der Waals surface area (Å²) in [6.45, 7) is 0. The highest BCUT2D eigenvalue weighted by Crippen LogP contribution is 2.27. The Morgan fingerprint density at radius 3 is 3.09 bits per heavy atom. The van der Waals surface area contributed by atoms with Gasteiger partial charge in [0.25, 0.3) is 5.91 Å². The summed E-state index contributed by atoms with van der Waals surface area (Å²) >= 11 is 1.52. The predicted molar refractivity (Wildman–Crippen MR) is 90.4 cm³/mol. The van der Waals surface area contributed by atoms with Gasteiger partial charge in [-0.05, 0) is 25.0 Å². The van der Waals surface area contributed by atoms with E-state index in [2.05, 4.69) is 25.7 Å². The van der Waals surface area contributed by atoms with Gasteiger partial charge < -0.3 is 9.55 Å². The molecule has 3 aromatic heterocycles. The van der Waals surface area contributed by atoms with Crippen LogP contribution >= 0.6 is 11.3 Å². The Morgan fingerprint density at radius 1 is 1.35 bits per heavy atom. The monoisotopic (exact) mass is 326 g/mol. The normalized spacial score (nSPS) is 17.0. The second kappa shape index (κ2) is 6.12. The lowest BCUT2D eigenvalue weighted by Crippen LogP contribution is -2.23. The van der Waals surface area contributed by atoms with Crippen molar-refractivity contribution in [3.63, 3.8) is 0 Å². The van der Waals surface area contributed by atoms with Gasteiger partial charge >= 0.3 is 0 Å². The van der Waals surface area contributed by atoms with Crippen LogP contribution in [0, 0.1) is 0 Å². The number of aromatic nitrogens is 3. The molecule has 0 spiro atoms. The third-order valence-electron chi connectivity index (χ3n) is 4.46. The largest absolute Gasteiger partial charge is 0.345 e. The number of aromatic amines is 1. The van der Waals surface area contributed by atoms with E-state index >= 15 is 0 Å². The van der Waals surface area contributed by atoms with E-state index in [1.54, 1.807) is 12.4 Å². The van der Waals surface area contributed by atoms with Crippen LogP contribution in [-0.4, -0.2) is 20.4 Å². The van der Waals surface area contributed by atoms with E-state index in [9.17, 15) is 4.79 Å². The lowest BCUT2D eigenvalue weighted by atomic mass is 9.95. The maximum atomic E-state index is 12.6. The Balaban J connectivity index is 1.70. The molecule has 0 atom stereocenters. The number of amides is 1. The van der Waals surface area contributed by atoms with E-state index in [0.29, 0.717) is 11.6 Å². The molecule has 0 radical (unpaired) electrons. The zero-order valence-electron chi connectivity index (χ0n) is 12.7. The molecule has 4 rings (SSSR count). The highest BCUT2D eigenvalue weighted by atomic mass is 32.1. The Morgan fingerprint density at radius 2 is 2.22 bits per heavy atom. The van der Waals surface area contributed by atoms with Crippen molar-refractivity contribution in [2.24, 2.45) is 4.99 Å². The molecular weight excluding hydrogens is 308 g/mol. The Hall–Kier alpha value is -2.21. The highest BCUT2D eigenvalue weighted by Gasteiger charge is 2.17. The van der Waals surface area contributed by atoms with Crippen LogP contribution < -0.4 is 4.80 Å². The fourth-order valence-corrected chi connectivity index (χ4v) is 4.06. The SMILES string of the molecule is O=C(N=c1sccn1C1CCCCC1)c1c[nH]c2ncccc12. The number of rotatable bonds is 2. The summed E-state index contributed by atoms with van der Waals surface area (Å²) in [5.41, 5.74) is 1.30. The minimum atomic E-state index is -0.212. The summed E-state index contributed by atoms with van der Waals surface area (Å²) < 4.78 is 2.18. The van der Waals surface area contributed by atoms with Gasteiger partial charge in [-0.1, -0.05) is 19.3 Å². The minimum absolute atomic E-state index is 0.212. The van der Waals surface area contributed by atoms with Crippen molar-refractivity contribution in [3.8, 4) is 0 Å². The van der Waals surface area contributed by atoms with Crippen LogP contribution in [0.15, 0.2) is 41.1 Å². The van der Waals surface area contributed by atoms with Crippen LogP contribution in [0.1, 0.15) is 48.5 Å². The summed E-state index contributed by atoms with van der Waals surface area (Å²) in [7, 11) is 0. The third kappa shape index (κ3) is 2.74. The number of nitrogens with one attached hydrogen (secondary N) is 1. The van der Waals surface area contributed by atoms with E-state index in [0.717, 1.165) is 15.8 Å². The molecule has 0 aliphatic heterocycles. The third-order valence-corrected chi connectivity index (χ3v) is 5.23. The molecule has 23 heavy (non-hydrogen) atoms. The molecule has 3 heterocycles. The molecule has 118 valence electrons. The number of hydrogen-bond acceptors (Lipinski definition) is 3. The van der Waals surface area contributed by atoms with E-state index in [1.165, 1.54) is 43.4 Å². The number of hydrogen-bond donors (Lipinski definition) is 1. The first kappa shape index (κ1) is 14.4. The van der Waals surface area contributed by atoms with Crippen molar-refractivity contribution in [2.45, 2.75) is 38.1 Å². The fraction of sp³-hybridized carbons (Fsp3) is 0.353. The smallest absolute Gasteiger partial charge is 0.281 e. The van der Waals surface area contributed by atoms with Gasteiger partial charge in [-0.2, -0.15) is 4.99 Å². The number of carbonyl (C=O) groups excluding carboxylic acids is 1. The van der Waals surface area contributed by atoms with Crippen molar-refractivity contribution in [1.82, 2.24) is 14.5 Å². The number of thiazole rings is 1. The number of carbonyl (C=O) groups is 1. The zero-order valence-corrected chi connectivity index (χ0v) is 13.6. The second-order valence-corrected chi connectivity index (χ2v) is 6.78. The van der Waals surface area contributed by atoms with Gasteiger partial charge in [-0.15, -0.1) is 11.3 Å². The van der Waals surface area contributed by atoms with Gasteiger partial charge in [0.15, 0.2) is 4.80 Å². The average Bonchev–Trinajstić information content (AvgIpc) is 3.22. The summed E-state index contributed by atoms with van der Waals surface area (Å²) in [5.74, 6) is -0.212. The molecule has 3 aromatic rings. The van der Waals surface area contributed by atoms with Gasteiger partial charge in [0.1, 0.15) is 5.65 Å². The number of H-pyrrole nitrogens is 1. The molecule has 6 heteroatoms. The van der Waals surface area contributed by atoms with Crippen LogP contribution in [0.4, 0.5) is 0 Å². The summed E-state index contributed by atoms with van der Waals surface area (Å²) in [6, 6.07) is 4.21. The Bertz CT molecular complexity index is 898. The van der Waals surface area contributed by atoms with Gasteiger partial charge in [0, 0.05) is 35.4 Å². The molecule has 1 amide bonds. The molecule has 1 saturated carbocycles. The molecule has 0 bridgehead atoms. The molecule has 0 saturated heterocycles. The van der Waals surface area contributed by atoms with Crippen LogP contribution in [-0.2, 0) is 0 Å². The molecule has 1 aliphatic rings. The van der Waals surface area contributed by atoms with Gasteiger partial charge in [-0.25, -0.2) is 4.98 Å². The van der Waals surface area contributed by atoms with Gasteiger partial charge in [0.05, 0.1) is 5.56 Å². The second-order valence-electron chi connectivity index (χ2n) is 5.90. The van der Waals surface area contributed by atoms with Crippen molar-refractivity contribution < 1.29 is 4.79 Å². The van der Waals surface area contributed by atoms with E-state index in [4.69, 9.17) is 0 Å². The standard InChI is InChI=1S/C17H18N4OS/c22-16(14-11-19-15-13(14)7-4-8-18-15)20-17-21(9-10-23-17)12-5-2-1-3-6-12/h4,7-12H,1-3,5-6H2,(H,18,19). The number of pyridine rings is 1. The first-order valence-corrected chi connectivity index (χ1v) is 8.88. The van der Waals surface area contributed by atoms with Gasteiger partial charge in [-0.3, -0.25) is 4.79 Å². The zero-order chi connectivity index (χ0) is 15.6. The maximum Gasteiger partial charge on any atom is 0.281 e. The lowest BCUT2D eigenvalue weighted by molar-refractivity contribution is 0.0999. The van der Waals surface area contributed by atoms with E-state index < -0.39 is 0 Å². The average molecular weight is 326 g/mol. The molecule has 1 N–H and O–H groups in total. The Kier molecular flexibility index (Phi) is 3.83. The summed E-state index contributed by atoms with van der Waals surface area (Å²) in [5, 5.41) is 2.83. The number of fused-ring (bicyclic) bond motifs is 1. The van der Waals surface area contributed by atoms with Crippen LogP contribution in [0.25, 0.3) is 11.0 Å². The highest BCUT2D eigenvalue weighted by molar-refractivity contribution is 7.07. The first-order chi connectivity index (χ1) is 11.3. The van der Waals surface area contributed by atoms with Crippen molar-refractivity contribution in [1.29, 1.82) is 0 Å². The predicted octanol–water partition coefficient (Wildman–Crippen LogP) is 3.67. The van der Waals surface area contributed by atoms with E-state index in [-0.39, 0.29) is 5.91 Å². The molecule has 1 aliphatic carbocycles. The van der Waals surface area contributed by atoms with Gasteiger partial charge in [0.2, 0.25) is 0 Å².